The molecule has 0 bridgehead atoms. The standard InChI is InChI=1S/C17H12N4O2S/c22-16(11-9-18-14-7-3-4-8-21(14)17(11)23)19-10-15-20-12-5-1-2-6-13(12)24-15/h1-9H,10H2,(H,19,22). The Morgan fingerprint density at radius 1 is 1.17 bits per heavy atom. The predicted molar refractivity (Wildman–Crippen MR) is 92.3 cm³/mol. The molecule has 0 unspecified atom stereocenters. The molecule has 0 fully saturated rings. The molecule has 0 spiro atoms. The first-order chi connectivity index (χ1) is 11.7. The zero-order valence-electron chi connectivity index (χ0n) is 12.5. The molecule has 24 heavy (non-hydrogen) atoms. The van der Waals surface area contributed by atoms with Crippen molar-refractivity contribution in [3.63, 3.8) is 0 Å². The number of fused-ring (bicyclic) bond motifs is 2. The van der Waals surface area contributed by atoms with Crippen LogP contribution in [0.15, 0.2) is 59.7 Å². The summed E-state index contributed by atoms with van der Waals surface area (Å²) in [7, 11) is 0. The molecule has 118 valence electrons. The number of thiazole rings is 1. The lowest BCUT2D eigenvalue weighted by Gasteiger charge is -2.04. The van der Waals surface area contributed by atoms with Gasteiger partial charge in [0, 0.05) is 12.4 Å². The second-order valence-corrected chi connectivity index (χ2v) is 6.28. The van der Waals surface area contributed by atoms with Crippen LogP contribution in [-0.2, 0) is 6.54 Å². The van der Waals surface area contributed by atoms with Gasteiger partial charge in [0.2, 0.25) is 0 Å². The Bertz CT molecular complexity index is 1080. The number of carbonyl (C=O) groups is 1. The molecule has 0 saturated carbocycles. The van der Waals surface area contributed by atoms with Gasteiger partial charge in [-0.25, -0.2) is 9.97 Å². The topological polar surface area (TPSA) is 76.4 Å². The minimum atomic E-state index is -0.454. The van der Waals surface area contributed by atoms with Crippen LogP contribution in [0.25, 0.3) is 15.9 Å². The minimum Gasteiger partial charge on any atom is -0.345 e. The normalized spacial score (nSPS) is 11.0. The van der Waals surface area contributed by atoms with E-state index >= 15 is 0 Å². The van der Waals surface area contributed by atoms with E-state index in [-0.39, 0.29) is 17.7 Å². The van der Waals surface area contributed by atoms with Crippen LogP contribution in [0.2, 0.25) is 0 Å². The number of hydrogen-bond acceptors (Lipinski definition) is 5. The second kappa shape index (κ2) is 5.86. The van der Waals surface area contributed by atoms with Gasteiger partial charge >= 0.3 is 0 Å². The molecule has 4 rings (SSSR count). The third-order valence-corrected chi connectivity index (χ3v) is 4.63. The SMILES string of the molecule is O=C(NCc1nc2ccccc2s1)c1cnc2ccccn2c1=O. The first-order valence-electron chi connectivity index (χ1n) is 7.31. The summed E-state index contributed by atoms with van der Waals surface area (Å²) in [6.07, 6.45) is 2.90. The molecular weight excluding hydrogens is 324 g/mol. The van der Waals surface area contributed by atoms with Crippen LogP contribution in [0.5, 0.6) is 0 Å². The summed E-state index contributed by atoms with van der Waals surface area (Å²) in [4.78, 5) is 33.3. The van der Waals surface area contributed by atoms with Crippen LogP contribution in [-0.4, -0.2) is 20.3 Å². The number of carbonyl (C=O) groups excluding carboxylic acids is 1. The van der Waals surface area contributed by atoms with Crippen molar-refractivity contribution in [2.45, 2.75) is 6.54 Å². The monoisotopic (exact) mass is 336 g/mol. The van der Waals surface area contributed by atoms with Gasteiger partial charge in [0.15, 0.2) is 0 Å². The van der Waals surface area contributed by atoms with E-state index in [4.69, 9.17) is 0 Å². The molecule has 3 heterocycles. The number of benzene rings is 1. The van der Waals surface area contributed by atoms with Gasteiger partial charge in [-0.1, -0.05) is 18.2 Å². The highest BCUT2D eigenvalue weighted by atomic mass is 32.1. The second-order valence-electron chi connectivity index (χ2n) is 5.16. The predicted octanol–water partition coefficient (Wildman–Crippen LogP) is 2.23. The van der Waals surface area contributed by atoms with E-state index in [1.165, 1.54) is 21.9 Å². The van der Waals surface area contributed by atoms with Crippen LogP contribution >= 0.6 is 11.3 Å². The molecule has 1 amide bonds. The fourth-order valence-electron chi connectivity index (χ4n) is 2.43. The minimum absolute atomic E-state index is 0.0137. The quantitative estimate of drug-likeness (QED) is 0.622. The van der Waals surface area contributed by atoms with Crippen molar-refractivity contribution in [3.05, 3.63) is 75.8 Å². The van der Waals surface area contributed by atoms with E-state index in [1.54, 1.807) is 24.4 Å². The average Bonchev–Trinajstić information content (AvgIpc) is 3.03. The van der Waals surface area contributed by atoms with E-state index in [1.807, 2.05) is 24.3 Å². The van der Waals surface area contributed by atoms with Gasteiger partial charge in [-0.3, -0.25) is 14.0 Å². The molecule has 0 aliphatic rings. The number of aromatic nitrogens is 3. The molecule has 0 aliphatic heterocycles. The Kier molecular flexibility index (Phi) is 3.55. The molecule has 3 aromatic heterocycles. The molecule has 0 saturated heterocycles. The third-order valence-electron chi connectivity index (χ3n) is 3.60. The van der Waals surface area contributed by atoms with E-state index < -0.39 is 5.91 Å². The molecule has 4 aromatic rings. The summed E-state index contributed by atoms with van der Waals surface area (Å²) in [6.45, 7) is 0.273. The molecular formula is C17H12N4O2S. The third kappa shape index (κ3) is 2.55. The smallest absolute Gasteiger partial charge is 0.270 e. The summed E-state index contributed by atoms with van der Waals surface area (Å²) < 4.78 is 2.42. The summed E-state index contributed by atoms with van der Waals surface area (Å²) in [5.41, 5.74) is 1.03. The van der Waals surface area contributed by atoms with Crippen molar-refractivity contribution < 1.29 is 4.79 Å². The lowest BCUT2D eigenvalue weighted by molar-refractivity contribution is 0.0949. The van der Waals surface area contributed by atoms with E-state index in [0.29, 0.717) is 5.65 Å². The number of rotatable bonds is 3. The van der Waals surface area contributed by atoms with Gasteiger partial charge in [0.05, 0.1) is 16.8 Å². The van der Waals surface area contributed by atoms with Gasteiger partial charge in [-0.2, -0.15) is 0 Å². The van der Waals surface area contributed by atoms with Crippen molar-refractivity contribution in [3.8, 4) is 0 Å². The maximum Gasteiger partial charge on any atom is 0.270 e. The van der Waals surface area contributed by atoms with E-state index in [2.05, 4.69) is 15.3 Å². The maximum absolute atomic E-state index is 12.4. The zero-order valence-corrected chi connectivity index (χ0v) is 13.3. The summed E-state index contributed by atoms with van der Waals surface area (Å²) in [5.74, 6) is -0.454. The number of pyridine rings is 1. The fraction of sp³-hybridized carbons (Fsp3) is 0.0588. The van der Waals surface area contributed by atoms with Crippen molar-refractivity contribution >= 4 is 33.1 Å². The van der Waals surface area contributed by atoms with Gasteiger partial charge in [0.1, 0.15) is 16.2 Å². The van der Waals surface area contributed by atoms with E-state index in [0.717, 1.165) is 15.2 Å². The Labute approximate surface area is 140 Å². The van der Waals surface area contributed by atoms with Crippen LogP contribution in [0.1, 0.15) is 15.4 Å². The van der Waals surface area contributed by atoms with Crippen molar-refractivity contribution in [2.75, 3.05) is 0 Å². The maximum atomic E-state index is 12.4. The zero-order chi connectivity index (χ0) is 16.5. The molecule has 7 heteroatoms. The molecule has 0 atom stereocenters. The van der Waals surface area contributed by atoms with Gasteiger partial charge in [-0.05, 0) is 24.3 Å². The Morgan fingerprint density at radius 3 is 2.88 bits per heavy atom. The molecule has 0 radical (unpaired) electrons. The number of hydrogen-bond donors (Lipinski definition) is 1. The van der Waals surface area contributed by atoms with Crippen LogP contribution in [0.4, 0.5) is 0 Å². The Morgan fingerprint density at radius 2 is 2.00 bits per heavy atom. The summed E-state index contributed by atoms with van der Waals surface area (Å²) >= 11 is 1.52. The first-order valence-corrected chi connectivity index (χ1v) is 8.13. The summed E-state index contributed by atoms with van der Waals surface area (Å²) in [6, 6.07) is 13.0. The average molecular weight is 336 g/mol. The van der Waals surface area contributed by atoms with Crippen molar-refractivity contribution in [2.24, 2.45) is 0 Å². The molecule has 6 nitrogen and oxygen atoms in total. The Balaban J connectivity index is 1.58. The van der Waals surface area contributed by atoms with Crippen LogP contribution in [0, 0.1) is 0 Å². The van der Waals surface area contributed by atoms with Crippen LogP contribution < -0.4 is 10.9 Å². The first kappa shape index (κ1) is 14.5. The lowest BCUT2D eigenvalue weighted by atomic mass is 10.3. The highest BCUT2D eigenvalue weighted by Crippen LogP contribution is 2.21. The number of amides is 1. The number of nitrogens with one attached hydrogen (secondary N) is 1. The van der Waals surface area contributed by atoms with Gasteiger partial charge < -0.3 is 5.32 Å². The number of nitrogens with zero attached hydrogens (tertiary/aromatic N) is 3. The van der Waals surface area contributed by atoms with Crippen LogP contribution in [0.3, 0.4) is 0 Å². The van der Waals surface area contributed by atoms with Crippen molar-refractivity contribution in [1.82, 2.24) is 19.7 Å². The highest BCUT2D eigenvalue weighted by Gasteiger charge is 2.13. The van der Waals surface area contributed by atoms with E-state index in [9.17, 15) is 9.59 Å². The van der Waals surface area contributed by atoms with Gasteiger partial charge in [-0.15, -0.1) is 11.3 Å². The number of para-hydroxylation sites is 1. The molecule has 0 aliphatic carbocycles. The van der Waals surface area contributed by atoms with Crippen molar-refractivity contribution in [1.29, 1.82) is 0 Å². The van der Waals surface area contributed by atoms with Gasteiger partial charge in [0.25, 0.3) is 11.5 Å². The summed E-state index contributed by atoms with van der Waals surface area (Å²) in [5, 5.41) is 3.53. The Hall–Kier alpha value is -3.06. The fourth-order valence-corrected chi connectivity index (χ4v) is 3.34. The highest BCUT2D eigenvalue weighted by molar-refractivity contribution is 7.18. The molecule has 1 N–H and O–H groups in total. The largest absolute Gasteiger partial charge is 0.345 e. The lowest BCUT2D eigenvalue weighted by Crippen LogP contribution is -2.31. The molecule has 1 aromatic carbocycles.